The van der Waals surface area contributed by atoms with Crippen molar-refractivity contribution < 1.29 is 19.1 Å². The number of morpholine rings is 1. The molecule has 1 aliphatic heterocycles. The third kappa shape index (κ3) is 3.98. The number of methoxy groups -OCH3 is 1. The van der Waals surface area contributed by atoms with Gasteiger partial charge < -0.3 is 19.7 Å². The van der Waals surface area contributed by atoms with E-state index in [2.05, 4.69) is 10.2 Å². The fourth-order valence-corrected chi connectivity index (χ4v) is 2.40. The van der Waals surface area contributed by atoms with Crippen molar-refractivity contribution in [1.29, 1.82) is 0 Å². The Kier molecular flexibility index (Phi) is 5.77. The third-order valence-electron chi connectivity index (χ3n) is 3.52. The molecule has 6 heteroatoms. The van der Waals surface area contributed by atoms with Gasteiger partial charge in [0, 0.05) is 19.5 Å². The van der Waals surface area contributed by atoms with Gasteiger partial charge in [0.25, 0.3) is 0 Å². The summed E-state index contributed by atoms with van der Waals surface area (Å²) in [5.41, 5.74) is 1.97. The highest BCUT2D eigenvalue weighted by Gasteiger charge is 2.18. The van der Waals surface area contributed by atoms with Crippen molar-refractivity contribution in [2.24, 2.45) is 0 Å². The Morgan fingerprint density at radius 2 is 2.05 bits per heavy atom. The van der Waals surface area contributed by atoms with E-state index in [9.17, 15) is 9.59 Å². The number of anilines is 2. The lowest BCUT2D eigenvalue weighted by molar-refractivity contribution is -0.116. The summed E-state index contributed by atoms with van der Waals surface area (Å²) >= 11 is 0. The number of hydrogen-bond acceptors (Lipinski definition) is 5. The lowest BCUT2D eigenvalue weighted by Crippen LogP contribution is -2.36. The van der Waals surface area contributed by atoms with Crippen molar-refractivity contribution >= 4 is 23.3 Å². The van der Waals surface area contributed by atoms with Gasteiger partial charge in [-0.1, -0.05) is 6.92 Å². The molecule has 1 aromatic rings. The van der Waals surface area contributed by atoms with Crippen LogP contribution in [0.25, 0.3) is 0 Å². The smallest absolute Gasteiger partial charge is 0.337 e. The molecule has 120 valence electrons. The molecule has 0 bridgehead atoms. The Morgan fingerprint density at radius 1 is 1.32 bits per heavy atom. The topological polar surface area (TPSA) is 67.9 Å². The maximum absolute atomic E-state index is 11.9. The highest BCUT2D eigenvalue weighted by molar-refractivity contribution is 5.98. The zero-order valence-corrected chi connectivity index (χ0v) is 13.1. The van der Waals surface area contributed by atoms with Gasteiger partial charge in [0.2, 0.25) is 5.91 Å². The summed E-state index contributed by atoms with van der Waals surface area (Å²) in [4.78, 5) is 25.8. The zero-order valence-electron chi connectivity index (χ0n) is 13.1. The first-order valence-corrected chi connectivity index (χ1v) is 7.50. The maximum atomic E-state index is 11.9. The number of hydrogen-bond donors (Lipinski definition) is 1. The van der Waals surface area contributed by atoms with E-state index in [4.69, 9.17) is 9.47 Å². The van der Waals surface area contributed by atoms with Crippen LogP contribution in [0.4, 0.5) is 11.4 Å². The van der Waals surface area contributed by atoms with Crippen LogP contribution >= 0.6 is 0 Å². The predicted molar refractivity (Wildman–Crippen MR) is 84.4 cm³/mol. The molecule has 0 aromatic heterocycles. The molecule has 1 saturated heterocycles. The lowest BCUT2D eigenvalue weighted by atomic mass is 10.1. The molecule has 1 heterocycles. The quantitative estimate of drug-likeness (QED) is 0.843. The molecular formula is C16H22N2O4. The van der Waals surface area contributed by atoms with E-state index in [-0.39, 0.29) is 5.91 Å². The van der Waals surface area contributed by atoms with Crippen LogP contribution in [-0.4, -0.2) is 45.3 Å². The SMILES string of the molecule is CCCC(=O)Nc1cc(C(=O)OC)ccc1N1CCOCC1. The molecule has 1 aliphatic rings. The zero-order chi connectivity index (χ0) is 15.9. The van der Waals surface area contributed by atoms with Gasteiger partial charge in [0.05, 0.1) is 37.3 Å². The van der Waals surface area contributed by atoms with Gasteiger partial charge in [0.15, 0.2) is 0 Å². The number of carbonyl (C=O) groups excluding carboxylic acids is 2. The fraction of sp³-hybridized carbons (Fsp3) is 0.500. The van der Waals surface area contributed by atoms with Crippen molar-refractivity contribution in [3.63, 3.8) is 0 Å². The minimum absolute atomic E-state index is 0.0565. The Balaban J connectivity index is 2.29. The predicted octanol–water partition coefficient (Wildman–Crippen LogP) is 2.05. The van der Waals surface area contributed by atoms with Crippen molar-refractivity contribution in [2.75, 3.05) is 43.6 Å². The minimum Gasteiger partial charge on any atom is -0.465 e. The highest BCUT2D eigenvalue weighted by Crippen LogP contribution is 2.28. The molecular weight excluding hydrogens is 284 g/mol. The normalized spacial score (nSPS) is 14.5. The van der Waals surface area contributed by atoms with Gasteiger partial charge in [0.1, 0.15) is 0 Å². The van der Waals surface area contributed by atoms with Crippen LogP contribution in [0.5, 0.6) is 0 Å². The first-order chi connectivity index (χ1) is 10.7. The van der Waals surface area contributed by atoms with Gasteiger partial charge in [-0.15, -0.1) is 0 Å². The number of nitrogens with zero attached hydrogens (tertiary/aromatic N) is 1. The average molecular weight is 306 g/mol. The van der Waals surface area contributed by atoms with Gasteiger partial charge in [-0.25, -0.2) is 4.79 Å². The largest absolute Gasteiger partial charge is 0.465 e. The van der Waals surface area contributed by atoms with Crippen LogP contribution in [0.2, 0.25) is 0 Å². The number of carbonyl (C=O) groups is 2. The van der Waals surface area contributed by atoms with Crippen LogP contribution in [0.15, 0.2) is 18.2 Å². The summed E-state index contributed by atoms with van der Waals surface area (Å²) < 4.78 is 10.1. The van der Waals surface area contributed by atoms with E-state index < -0.39 is 5.97 Å². The van der Waals surface area contributed by atoms with E-state index in [1.165, 1.54) is 7.11 Å². The molecule has 1 amide bonds. The Labute approximate surface area is 130 Å². The molecule has 0 atom stereocenters. The third-order valence-corrected chi connectivity index (χ3v) is 3.52. The van der Waals surface area contributed by atoms with Gasteiger partial charge in [-0.05, 0) is 24.6 Å². The molecule has 1 aromatic carbocycles. The van der Waals surface area contributed by atoms with Gasteiger partial charge >= 0.3 is 5.97 Å². The van der Waals surface area contributed by atoms with E-state index in [0.29, 0.717) is 30.9 Å². The van der Waals surface area contributed by atoms with Gasteiger partial charge in [-0.2, -0.15) is 0 Å². The molecule has 6 nitrogen and oxygen atoms in total. The molecule has 2 rings (SSSR count). The van der Waals surface area contributed by atoms with Gasteiger partial charge in [-0.3, -0.25) is 4.79 Å². The minimum atomic E-state index is -0.417. The first-order valence-electron chi connectivity index (χ1n) is 7.50. The molecule has 22 heavy (non-hydrogen) atoms. The van der Waals surface area contributed by atoms with Crippen molar-refractivity contribution in [2.45, 2.75) is 19.8 Å². The van der Waals surface area contributed by atoms with Crippen LogP contribution < -0.4 is 10.2 Å². The van der Waals surface area contributed by atoms with Crippen molar-refractivity contribution in [3.05, 3.63) is 23.8 Å². The molecule has 1 N–H and O–H groups in total. The number of benzene rings is 1. The molecule has 1 fully saturated rings. The number of esters is 1. The van der Waals surface area contributed by atoms with E-state index in [1.54, 1.807) is 12.1 Å². The molecule has 0 radical (unpaired) electrons. The van der Waals surface area contributed by atoms with Crippen LogP contribution in [0.3, 0.4) is 0 Å². The average Bonchev–Trinajstić information content (AvgIpc) is 2.55. The standard InChI is InChI=1S/C16H22N2O4/c1-3-4-15(19)17-13-11-12(16(20)21-2)5-6-14(13)18-7-9-22-10-8-18/h5-6,11H,3-4,7-10H2,1-2H3,(H,17,19). The van der Waals surface area contributed by atoms with Crippen LogP contribution in [0.1, 0.15) is 30.1 Å². The number of nitrogens with one attached hydrogen (secondary N) is 1. The van der Waals surface area contributed by atoms with Crippen molar-refractivity contribution in [1.82, 2.24) is 0 Å². The molecule has 0 saturated carbocycles. The second-order valence-corrected chi connectivity index (χ2v) is 5.12. The van der Waals surface area contributed by atoms with Crippen molar-refractivity contribution in [3.8, 4) is 0 Å². The number of ether oxygens (including phenoxy) is 2. The second-order valence-electron chi connectivity index (χ2n) is 5.12. The maximum Gasteiger partial charge on any atom is 0.337 e. The summed E-state index contributed by atoms with van der Waals surface area (Å²) in [7, 11) is 1.34. The molecule has 0 spiro atoms. The monoisotopic (exact) mass is 306 g/mol. The summed E-state index contributed by atoms with van der Waals surface area (Å²) in [5, 5.41) is 2.90. The first kappa shape index (κ1) is 16.3. The number of amides is 1. The van der Waals surface area contributed by atoms with Crippen LogP contribution in [0, 0.1) is 0 Å². The van der Waals surface area contributed by atoms with E-state index in [1.807, 2.05) is 13.0 Å². The Bertz CT molecular complexity index is 539. The summed E-state index contributed by atoms with van der Waals surface area (Å²) in [6, 6.07) is 5.23. The molecule has 0 unspecified atom stereocenters. The second kappa shape index (κ2) is 7.79. The van der Waals surface area contributed by atoms with Crippen LogP contribution in [-0.2, 0) is 14.3 Å². The van der Waals surface area contributed by atoms with E-state index in [0.717, 1.165) is 25.2 Å². The lowest BCUT2D eigenvalue weighted by Gasteiger charge is -2.30. The summed E-state index contributed by atoms with van der Waals surface area (Å²) in [5.74, 6) is -0.474. The Morgan fingerprint density at radius 3 is 2.68 bits per heavy atom. The Hall–Kier alpha value is -2.08. The summed E-state index contributed by atoms with van der Waals surface area (Å²) in [6.07, 6.45) is 1.22. The fourth-order valence-electron chi connectivity index (χ4n) is 2.40. The number of rotatable bonds is 5. The molecule has 0 aliphatic carbocycles. The highest BCUT2D eigenvalue weighted by atomic mass is 16.5. The summed E-state index contributed by atoms with van der Waals surface area (Å²) in [6.45, 7) is 4.78. The van der Waals surface area contributed by atoms with E-state index >= 15 is 0 Å².